The minimum atomic E-state index is -1.04. The predicted molar refractivity (Wildman–Crippen MR) is 73.6 cm³/mol. The Balaban J connectivity index is 2.54. The highest BCUT2D eigenvalue weighted by Gasteiger charge is 2.10. The molecule has 2 aromatic carbocycles. The predicted octanol–water partition coefficient (Wildman–Crippen LogP) is 4.67. The Morgan fingerprint density at radius 3 is 2.22 bits per heavy atom. The lowest BCUT2D eigenvalue weighted by Crippen LogP contribution is -1.97. The average Bonchev–Trinajstić information content (AvgIpc) is 2.33. The van der Waals surface area contributed by atoms with Crippen LogP contribution in [0, 0.1) is 6.92 Å². The molecule has 0 spiro atoms. The first kappa shape index (κ1) is 12.9. The highest BCUT2D eigenvalue weighted by Crippen LogP contribution is 2.28. The first-order valence-corrected chi connectivity index (χ1v) is 6.04. The quantitative estimate of drug-likeness (QED) is 0.868. The number of hydrogen-bond acceptors (Lipinski definition) is 1. The maximum atomic E-state index is 11.0. The molecule has 18 heavy (non-hydrogen) atoms. The van der Waals surface area contributed by atoms with E-state index >= 15 is 0 Å². The van der Waals surface area contributed by atoms with Crippen LogP contribution in [-0.4, -0.2) is 11.1 Å². The van der Waals surface area contributed by atoms with Crippen LogP contribution in [0.1, 0.15) is 15.9 Å². The Hall–Kier alpha value is -1.51. The summed E-state index contributed by atoms with van der Waals surface area (Å²) < 4.78 is 0. The topological polar surface area (TPSA) is 37.3 Å². The first-order valence-electron chi connectivity index (χ1n) is 5.28. The van der Waals surface area contributed by atoms with Gasteiger partial charge in [0.25, 0.3) is 0 Å². The SMILES string of the molecule is Cc1ccc(-c2ccc(Cl)c(C(=O)O)c2)cc1Cl. The summed E-state index contributed by atoms with van der Waals surface area (Å²) in [6.45, 7) is 1.91. The van der Waals surface area contributed by atoms with Crippen LogP contribution >= 0.6 is 23.2 Å². The normalized spacial score (nSPS) is 10.4. The van der Waals surface area contributed by atoms with Crippen molar-refractivity contribution in [2.75, 3.05) is 0 Å². The Kier molecular flexibility index (Phi) is 3.60. The number of carbonyl (C=O) groups is 1. The van der Waals surface area contributed by atoms with Crippen molar-refractivity contribution in [2.45, 2.75) is 6.92 Å². The van der Waals surface area contributed by atoms with E-state index in [0.29, 0.717) is 5.02 Å². The highest BCUT2D eigenvalue weighted by molar-refractivity contribution is 6.33. The van der Waals surface area contributed by atoms with Gasteiger partial charge >= 0.3 is 5.97 Å². The molecule has 2 rings (SSSR count). The number of aryl methyl sites for hydroxylation is 1. The summed E-state index contributed by atoms with van der Waals surface area (Å²) in [7, 11) is 0. The van der Waals surface area contributed by atoms with Crippen LogP contribution in [0.4, 0.5) is 0 Å². The Labute approximate surface area is 115 Å². The number of benzene rings is 2. The maximum absolute atomic E-state index is 11.0. The van der Waals surface area contributed by atoms with Gasteiger partial charge in [-0.1, -0.05) is 41.4 Å². The third-order valence-corrected chi connectivity index (χ3v) is 3.44. The highest BCUT2D eigenvalue weighted by atomic mass is 35.5. The van der Waals surface area contributed by atoms with Crippen LogP contribution in [0.25, 0.3) is 11.1 Å². The Morgan fingerprint density at radius 2 is 1.61 bits per heavy atom. The number of rotatable bonds is 2. The van der Waals surface area contributed by atoms with Crippen LogP contribution in [0.15, 0.2) is 36.4 Å². The van der Waals surface area contributed by atoms with Crippen LogP contribution < -0.4 is 0 Å². The summed E-state index contributed by atoms with van der Waals surface area (Å²) in [6, 6.07) is 10.5. The van der Waals surface area contributed by atoms with Gasteiger partial charge in [0.1, 0.15) is 0 Å². The van der Waals surface area contributed by atoms with E-state index in [9.17, 15) is 4.79 Å². The first-order chi connectivity index (χ1) is 8.49. The van der Waals surface area contributed by atoms with Gasteiger partial charge in [-0.25, -0.2) is 4.79 Å². The number of aromatic carboxylic acids is 1. The lowest BCUT2D eigenvalue weighted by molar-refractivity contribution is 0.0697. The molecule has 0 amide bonds. The third kappa shape index (κ3) is 2.50. The lowest BCUT2D eigenvalue weighted by Gasteiger charge is -2.06. The van der Waals surface area contributed by atoms with E-state index in [1.165, 1.54) is 0 Å². The van der Waals surface area contributed by atoms with E-state index in [2.05, 4.69) is 0 Å². The van der Waals surface area contributed by atoms with E-state index in [0.717, 1.165) is 16.7 Å². The molecular weight excluding hydrogens is 271 g/mol. The maximum Gasteiger partial charge on any atom is 0.337 e. The molecule has 1 N–H and O–H groups in total. The van der Waals surface area contributed by atoms with Gasteiger partial charge in [-0.3, -0.25) is 0 Å². The van der Waals surface area contributed by atoms with Crippen LogP contribution in [-0.2, 0) is 0 Å². The van der Waals surface area contributed by atoms with Crippen molar-refractivity contribution in [2.24, 2.45) is 0 Å². The smallest absolute Gasteiger partial charge is 0.337 e. The number of carboxylic acids is 1. The summed E-state index contributed by atoms with van der Waals surface area (Å²) in [4.78, 5) is 11.0. The van der Waals surface area contributed by atoms with Gasteiger partial charge in [0.15, 0.2) is 0 Å². The molecule has 0 aliphatic carbocycles. The minimum absolute atomic E-state index is 0.0888. The molecule has 2 aromatic rings. The fraction of sp³-hybridized carbons (Fsp3) is 0.0714. The zero-order chi connectivity index (χ0) is 13.3. The molecule has 2 nitrogen and oxygen atoms in total. The fourth-order valence-corrected chi connectivity index (χ4v) is 2.02. The van der Waals surface area contributed by atoms with Crippen molar-refractivity contribution in [1.82, 2.24) is 0 Å². The molecule has 0 atom stereocenters. The molecule has 0 aliphatic rings. The standard InChI is InChI=1S/C14H10Cl2O2/c1-8-2-3-10(7-13(8)16)9-4-5-12(15)11(6-9)14(17)18/h2-7H,1H3,(H,17,18). The summed E-state index contributed by atoms with van der Waals surface area (Å²) in [5.74, 6) is -1.04. The van der Waals surface area contributed by atoms with Crippen molar-refractivity contribution in [3.8, 4) is 11.1 Å². The second-order valence-electron chi connectivity index (χ2n) is 3.96. The summed E-state index contributed by atoms with van der Waals surface area (Å²) in [5, 5.41) is 9.90. The number of hydrogen-bond donors (Lipinski definition) is 1. The van der Waals surface area contributed by atoms with Crippen molar-refractivity contribution >= 4 is 29.2 Å². The molecule has 0 aliphatic heterocycles. The van der Waals surface area contributed by atoms with E-state index in [-0.39, 0.29) is 10.6 Å². The fourth-order valence-electron chi connectivity index (χ4n) is 1.64. The van der Waals surface area contributed by atoms with Crippen molar-refractivity contribution in [1.29, 1.82) is 0 Å². The molecule has 0 bridgehead atoms. The van der Waals surface area contributed by atoms with E-state index in [1.54, 1.807) is 18.2 Å². The van der Waals surface area contributed by atoms with Crippen molar-refractivity contribution < 1.29 is 9.90 Å². The van der Waals surface area contributed by atoms with E-state index in [1.807, 2.05) is 25.1 Å². The van der Waals surface area contributed by atoms with E-state index < -0.39 is 5.97 Å². The molecule has 0 fully saturated rings. The molecule has 0 unspecified atom stereocenters. The van der Waals surface area contributed by atoms with Crippen LogP contribution in [0.3, 0.4) is 0 Å². The monoisotopic (exact) mass is 280 g/mol. The molecule has 0 saturated carbocycles. The zero-order valence-electron chi connectivity index (χ0n) is 9.58. The second-order valence-corrected chi connectivity index (χ2v) is 4.78. The molecule has 92 valence electrons. The minimum Gasteiger partial charge on any atom is -0.478 e. The third-order valence-electron chi connectivity index (χ3n) is 2.70. The summed E-state index contributed by atoms with van der Waals surface area (Å²) >= 11 is 11.9. The van der Waals surface area contributed by atoms with Gasteiger partial charge in [-0.15, -0.1) is 0 Å². The molecule has 0 saturated heterocycles. The van der Waals surface area contributed by atoms with E-state index in [4.69, 9.17) is 28.3 Å². The van der Waals surface area contributed by atoms with Crippen LogP contribution in [0.2, 0.25) is 10.0 Å². The van der Waals surface area contributed by atoms with Crippen molar-refractivity contribution in [3.05, 3.63) is 57.6 Å². The summed E-state index contributed by atoms with van der Waals surface area (Å²) in [5.41, 5.74) is 2.71. The van der Waals surface area contributed by atoms with Crippen molar-refractivity contribution in [3.63, 3.8) is 0 Å². The Bertz CT molecular complexity index is 621. The Morgan fingerprint density at radius 1 is 1.00 bits per heavy atom. The average molecular weight is 281 g/mol. The van der Waals surface area contributed by atoms with Gasteiger partial charge in [-0.2, -0.15) is 0 Å². The van der Waals surface area contributed by atoms with Gasteiger partial charge in [0, 0.05) is 5.02 Å². The van der Waals surface area contributed by atoms with Crippen LogP contribution in [0.5, 0.6) is 0 Å². The zero-order valence-corrected chi connectivity index (χ0v) is 11.1. The number of carboxylic acid groups (broad SMARTS) is 1. The van der Waals surface area contributed by atoms with Gasteiger partial charge < -0.3 is 5.11 Å². The second kappa shape index (κ2) is 5.01. The molecule has 0 radical (unpaired) electrons. The lowest BCUT2D eigenvalue weighted by atomic mass is 10.0. The largest absolute Gasteiger partial charge is 0.478 e. The molecule has 0 heterocycles. The van der Waals surface area contributed by atoms with Gasteiger partial charge in [0.05, 0.1) is 10.6 Å². The number of halogens is 2. The molecule has 0 aromatic heterocycles. The van der Waals surface area contributed by atoms with Gasteiger partial charge in [0.2, 0.25) is 0 Å². The van der Waals surface area contributed by atoms with Gasteiger partial charge in [-0.05, 0) is 41.8 Å². The molecule has 4 heteroatoms. The molecular formula is C14H10Cl2O2. The summed E-state index contributed by atoms with van der Waals surface area (Å²) in [6.07, 6.45) is 0.